The van der Waals surface area contributed by atoms with Crippen molar-refractivity contribution in [1.82, 2.24) is 4.90 Å². The lowest BCUT2D eigenvalue weighted by molar-refractivity contribution is -0.120. The van der Waals surface area contributed by atoms with Gasteiger partial charge in [0, 0.05) is 26.4 Å². The van der Waals surface area contributed by atoms with Gasteiger partial charge in [0.1, 0.15) is 11.6 Å². The minimum atomic E-state index is -0.586. The maximum absolute atomic E-state index is 12.7. The number of rotatable bonds is 5. The van der Waals surface area contributed by atoms with Crippen LogP contribution in [0.5, 0.6) is 5.75 Å². The van der Waals surface area contributed by atoms with Crippen LogP contribution in [0.2, 0.25) is 0 Å². The van der Waals surface area contributed by atoms with Crippen LogP contribution < -0.4 is 4.74 Å². The summed E-state index contributed by atoms with van der Waals surface area (Å²) in [7, 11) is 3.66. The third-order valence-corrected chi connectivity index (χ3v) is 2.06. The van der Waals surface area contributed by atoms with Gasteiger partial charge in [-0.1, -0.05) is 0 Å². The molecule has 1 unspecified atom stereocenters. The summed E-state index contributed by atoms with van der Waals surface area (Å²) in [5.41, 5.74) is 0. The number of hydrogen-bond donors (Lipinski definition) is 0. The Hall–Kier alpha value is -1.84. The van der Waals surface area contributed by atoms with Crippen molar-refractivity contribution >= 4 is 5.78 Å². The summed E-state index contributed by atoms with van der Waals surface area (Å²) >= 11 is 0. The van der Waals surface area contributed by atoms with Crippen molar-refractivity contribution in [3.8, 4) is 5.75 Å². The molecule has 0 saturated carbocycles. The van der Waals surface area contributed by atoms with Gasteiger partial charge in [-0.15, -0.1) is 0 Å². The largest absolute Gasteiger partial charge is 0.483 e. The van der Waals surface area contributed by atoms with E-state index in [0.717, 1.165) is 0 Å². The molecule has 3 nitrogen and oxygen atoms in total. The summed E-state index contributed by atoms with van der Waals surface area (Å²) in [6.07, 6.45) is 2.53. The molecule has 0 heterocycles. The van der Waals surface area contributed by atoms with Crippen molar-refractivity contribution < 1.29 is 13.9 Å². The SMILES string of the molecule is CC(Oc1ccc(F)cc1)C(=O)C=CN(C)C. The van der Waals surface area contributed by atoms with Crippen LogP contribution in [-0.4, -0.2) is 30.9 Å². The molecule has 0 aliphatic heterocycles. The lowest BCUT2D eigenvalue weighted by Gasteiger charge is -2.12. The molecule has 0 aliphatic carbocycles. The molecule has 1 rings (SSSR count). The molecule has 17 heavy (non-hydrogen) atoms. The zero-order valence-corrected chi connectivity index (χ0v) is 10.2. The average molecular weight is 237 g/mol. The second-order valence-corrected chi connectivity index (χ2v) is 3.90. The van der Waals surface area contributed by atoms with E-state index < -0.39 is 6.10 Å². The van der Waals surface area contributed by atoms with E-state index >= 15 is 0 Å². The summed E-state index contributed by atoms with van der Waals surface area (Å²) in [4.78, 5) is 13.4. The van der Waals surface area contributed by atoms with Gasteiger partial charge in [-0.2, -0.15) is 0 Å². The first-order valence-electron chi connectivity index (χ1n) is 5.29. The first-order valence-corrected chi connectivity index (χ1v) is 5.29. The molecule has 0 spiro atoms. The minimum absolute atomic E-state index is 0.136. The van der Waals surface area contributed by atoms with Crippen LogP contribution in [0, 0.1) is 5.82 Å². The van der Waals surface area contributed by atoms with E-state index in [1.165, 1.54) is 30.3 Å². The second-order valence-electron chi connectivity index (χ2n) is 3.90. The van der Waals surface area contributed by atoms with E-state index in [-0.39, 0.29) is 11.6 Å². The zero-order valence-electron chi connectivity index (χ0n) is 10.2. The molecule has 1 aromatic carbocycles. The Morgan fingerprint density at radius 2 is 1.94 bits per heavy atom. The van der Waals surface area contributed by atoms with E-state index in [1.807, 2.05) is 14.1 Å². The van der Waals surface area contributed by atoms with Gasteiger partial charge in [0.25, 0.3) is 0 Å². The summed E-state index contributed by atoms with van der Waals surface area (Å²) in [5.74, 6) is 0.0114. The molecule has 0 radical (unpaired) electrons. The number of nitrogens with zero attached hydrogens (tertiary/aromatic N) is 1. The molecule has 1 aromatic rings. The number of ether oxygens (including phenoxy) is 1. The average Bonchev–Trinajstić information content (AvgIpc) is 2.28. The fraction of sp³-hybridized carbons (Fsp3) is 0.308. The normalized spacial score (nSPS) is 12.5. The van der Waals surface area contributed by atoms with E-state index in [4.69, 9.17) is 4.74 Å². The van der Waals surface area contributed by atoms with Gasteiger partial charge in [-0.25, -0.2) is 4.39 Å². The number of hydrogen-bond acceptors (Lipinski definition) is 3. The monoisotopic (exact) mass is 237 g/mol. The molecule has 92 valence electrons. The van der Waals surface area contributed by atoms with E-state index in [1.54, 1.807) is 18.0 Å². The topological polar surface area (TPSA) is 29.5 Å². The van der Waals surface area contributed by atoms with Crippen molar-refractivity contribution in [2.24, 2.45) is 0 Å². The van der Waals surface area contributed by atoms with Gasteiger partial charge in [0.15, 0.2) is 11.9 Å². The van der Waals surface area contributed by atoms with Crippen LogP contribution in [0.25, 0.3) is 0 Å². The molecule has 0 N–H and O–H groups in total. The molecule has 0 saturated heterocycles. The summed E-state index contributed by atoms with van der Waals surface area (Å²) in [6.45, 7) is 1.66. The van der Waals surface area contributed by atoms with Crippen LogP contribution in [0.15, 0.2) is 36.5 Å². The number of ketones is 1. The van der Waals surface area contributed by atoms with E-state index in [9.17, 15) is 9.18 Å². The van der Waals surface area contributed by atoms with Crippen molar-refractivity contribution in [3.63, 3.8) is 0 Å². The molecule has 0 bridgehead atoms. The Kier molecular flexibility index (Phi) is 4.69. The Morgan fingerprint density at radius 1 is 1.35 bits per heavy atom. The van der Waals surface area contributed by atoms with Crippen LogP contribution in [0.3, 0.4) is 0 Å². The number of carbonyl (C=O) groups excluding carboxylic acids is 1. The fourth-order valence-electron chi connectivity index (χ4n) is 1.13. The Bertz CT molecular complexity index is 398. The Labute approximate surface area is 100 Å². The quantitative estimate of drug-likeness (QED) is 0.735. The maximum atomic E-state index is 12.7. The Balaban J connectivity index is 2.57. The lowest BCUT2D eigenvalue weighted by atomic mass is 10.2. The number of halogens is 1. The molecule has 1 atom stereocenters. The standard InChI is InChI=1S/C13H16FNO2/c1-10(13(16)8-9-15(2)3)17-12-6-4-11(14)5-7-12/h4-10H,1-3H3. The minimum Gasteiger partial charge on any atom is -0.483 e. The van der Waals surface area contributed by atoms with Crippen LogP contribution >= 0.6 is 0 Å². The van der Waals surface area contributed by atoms with Gasteiger partial charge in [0.2, 0.25) is 0 Å². The Morgan fingerprint density at radius 3 is 2.47 bits per heavy atom. The highest BCUT2D eigenvalue weighted by atomic mass is 19.1. The third kappa shape index (κ3) is 4.68. The van der Waals surface area contributed by atoms with Gasteiger partial charge in [-0.3, -0.25) is 4.79 Å². The first kappa shape index (κ1) is 13.2. The second kappa shape index (κ2) is 6.03. The maximum Gasteiger partial charge on any atom is 0.197 e. The highest BCUT2D eigenvalue weighted by molar-refractivity contribution is 5.93. The predicted molar refractivity (Wildman–Crippen MR) is 64.3 cm³/mol. The van der Waals surface area contributed by atoms with Crippen LogP contribution in [0.1, 0.15) is 6.92 Å². The highest BCUT2D eigenvalue weighted by Gasteiger charge is 2.11. The number of benzene rings is 1. The molecule has 0 aliphatic rings. The van der Waals surface area contributed by atoms with Crippen molar-refractivity contribution in [3.05, 3.63) is 42.4 Å². The van der Waals surface area contributed by atoms with E-state index in [2.05, 4.69) is 0 Å². The van der Waals surface area contributed by atoms with Gasteiger partial charge >= 0.3 is 0 Å². The summed E-state index contributed by atoms with van der Waals surface area (Å²) in [6, 6.07) is 5.58. The third-order valence-electron chi connectivity index (χ3n) is 2.06. The highest BCUT2D eigenvalue weighted by Crippen LogP contribution is 2.13. The van der Waals surface area contributed by atoms with Gasteiger partial charge in [0.05, 0.1) is 0 Å². The smallest absolute Gasteiger partial charge is 0.197 e. The van der Waals surface area contributed by atoms with Crippen molar-refractivity contribution in [2.75, 3.05) is 14.1 Å². The lowest BCUT2D eigenvalue weighted by Crippen LogP contribution is -2.22. The summed E-state index contributed by atoms with van der Waals surface area (Å²) < 4.78 is 18.0. The first-order chi connectivity index (χ1) is 7.99. The molecular formula is C13H16FNO2. The molecule has 0 aromatic heterocycles. The van der Waals surface area contributed by atoms with Crippen LogP contribution in [0.4, 0.5) is 4.39 Å². The molecule has 0 fully saturated rings. The van der Waals surface area contributed by atoms with Gasteiger partial charge in [-0.05, 0) is 31.2 Å². The van der Waals surface area contributed by atoms with Crippen LogP contribution in [-0.2, 0) is 4.79 Å². The van der Waals surface area contributed by atoms with Gasteiger partial charge < -0.3 is 9.64 Å². The predicted octanol–water partition coefficient (Wildman–Crippen LogP) is 2.24. The molecule has 0 amide bonds. The van der Waals surface area contributed by atoms with Crippen molar-refractivity contribution in [1.29, 1.82) is 0 Å². The number of carbonyl (C=O) groups is 1. The van der Waals surface area contributed by atoms with E-state index in [0.29, 0.717) is 5.75 Å². The molecule has 4 heteroatoms. The van der Waals surface area contributed by atoms with Crippen molar-refractivity contribution in [2.45, 2.75) is 13.0 Å². The zero-order chi connectivity index (χ0) is 12.8. The fourth-order valence-corrected chi connectivity index (χ4v) is 1.13. The summed E-state index contributed by atoms with van der Waals surface area (Å²) in [5, 5.41) is 0. The molecular weight excluding hydrogens is 221 g/mol.